The van der Waals surface area contributed by atoms with E-state index >= 15 is 0 Å². The van der Waals surface area contributed by atoms with Gasteiger partial charge in [0.05, 0.1) is 5.92 Å². The third-order valence-corrected chi connectivity index (χ3v) is 4.45. The highest BCUT2D eigenvalue weighted by atomic mass is 16.1. The van der Waals surface area contributed by atoms with Crippen LogP contribution in [0.3, 0.4) is 0 Å². The number of nitrogens with two attached hydrogens (primary N) is 1. The van der Waals surface area contributed by atoms with Crippen molar-refractivity contribution in [2.75, 3.05) is 13.1 Å². The number of amides is 1. The van der Waals surface area contributed by atoms with Gasteiger partial charge in [0.1, 0.15) is 0 Å². The molecule has 136 valence electrons. The quantitative estimate of drug-likeness (QED) is 0.557. The van der Waals surface area contributed by atoms with Crippen LogP contribution in [0.5, 0.6) is 0 Å². The molecule has 1 aromatic rings. The zero-order valence-electron chi connectivity index (χ0n) is 15.8. The van der Waals surface area contributed by atoms with E-state index in [-0.39, 0.29) is 11.8 Å². The van der Waals surface area contributed by atoms with Crippen LogP contribution < -0.4 is 11.1 Å². The van der Waals surface area contributed by atoms with E-state index in [1.165, 1.54) is 31.2 Å². The van der Waals surface area contributed by atoms with Crippen LogP contribution in [-0.2, 0) is 11.2 Å². The smallest absolute Gasteiger partial charge is 0.227 e. The fourth-order valence-electron chi connectivity index (χ4n) is 2.91. The Morgan fingerprint density at radius 1 is 0.958 bits per heavy atom. The predicted molar refractivity (Wildman–Crippen MR) is 103 cm³/mol. The van der Waals surface area contributed by atoms with E-state index in [0.29, 0.717) is 5.92 Å². The Labute approximate surface area is 148 Å². The number of benzene rings is 1. The number of hydrogen-bond acceptors (Lipinski definition) is 2. The fraction of sp³-hybridized carbons (Fsp3) is 0.667. The third kappa shape index (κ3) is 8.49. The Hall–Kier alpha value is -1.35. The summed E-state index contributed by atoms with van der Waals surface area (Å²) in [5.74, 6) is 0.712. The van der Waals surface area contributed by atoms with Crippen molar-refractivity contribution in [2.24, 2.45) is 11.7 Å². The van der Waals surface area contributed by atoms with Crippen molar-refractivity contribution in [3.8, 4) is 0 Å². The summed E-state index contributed by atoms with van der Waals surface area (Å²) in [5, 5.41) is 3.07. The molecule has 0 bridgehead atoms. The minimum absolute atomic E-state index is 0.0809. The number of unbranched alkanes of at least 4 members (excludes halogenated alkanes) is 5. The SMILES string of the molecule is CC(C)Cc1ccc(C(C)C(=O)NCCCCCCCCN)cc1. The van der Waals surface area contributed by atoms with Gasteiger partial charge >= 0.3 is 0 Å². The summed E-state index contributed by atoms with van der Waals surface area (Å²) >= 11 is 0. The summed E-state index contributed by atoms with van der Waals surface area (Å²) in [6.45, 7) is 8.02. The van der Waals surface area contributed by atoms with E-state index in [9.17, 15) is 4.79 Å². The lowest BCUT2D eigenvalue weighted by Gasteiger charge is -2.13. The number of rotatable bonds is 12. The van der Waals surface area contributed by atoms with Crippen molar-refractivity contribution in [1.29, 1.82) is 0 Å². The lowest BCUT2D eigenvalue weighted by atomic mass is 9.96. The summed E-state index contributed by atoms with van der Waals surface area (Å²) in [6, 6.07) is 8.50. The van der Waals surface area contributed by atoms with Gasteiger partial charge in [0.2, 0.25) is 5.91 Å². The maximum absolute atomic E-state index is 12.3. The van der Waals surface area contributed by atoms with E-state index in [4.69, 9.17) is 5.73 Å². The van der Waals surface area contributed by atoms with Crippen LogP contribution in [0.15, 0.2) is 24.3 Å². The molecular weight excluding hydrogens is 296 g/mol. The van der Waals surface area contributed by atoms with Crippen LogP contribution in [0, 0.1) is 5.92 Å². The summed E-state index contributed by atoms with van der Waals surface area (Å²) in [4.78, 5) is 12.3. The Bertz CT molecular complexity index is 453. The van der Waals surface area contributed by atoms with Crippen molar-refractivity contribution in [3.63, 3.8) is 0 Å². The first-order valence-electron chi connectivity index (χ1n) is 9.61. The second kappa shape index (κ2) is 12.1. The first-order chi connectivity index (χ1) is 11.5. The Morgan fingerprint density at radius 2 is 1.54 bits per heavy atom. The van der Waals surface area contributed by atoms with Gasteiger partial charge in [-0.15, -0.1) is 0 Å². The number of carbonyl (C=O) groups is 1. The second-order valence-corrected chi connectivity index (χ2v) is 7.26. The molecule has 0 saturated heterocycles. The monoisotopic (exact) mass is 332 g/mol. The molecule has 0 heterocycles. The van der Waals surface area contributed by atoms with Crippen LogP contribution in [0.25, 0.3) is 0 Å². The molecule has 1 rings (SSSR count). The molecule has 0 aliphatic carbocycles. The minimum Gasteiger partial charge on any atom is -0.356 e. The first-order valence-corrected chi connectivity index (χ1v) is 9.61. The molecule has 0 aromatic heterocycles. The first kappa shape index (κ1) is 20.7. The molecule has 3 N–H and O–H groups in total. The van der Waals surface area contributed by atoms with E-state index < -0.39 is 0 Å². The van der Waals surface area contributed by atoms with Crippen molar-refractivity contribution in [2.45, 2.75) is 71.6 Å². The molecule has 0 saturated carbocycles. The Balaban J connectivity index is 2.24. The van der Waals surface area contributed by atoms with E-state index in [0.717, 1.165) is 37.9 Å². The normalized spacial score (nSPS) is 12.4. The average molecular weight is 333 g/mol. The maximum Gasteiger partial charge on any atom is 0.227 e. The van der Waals surface area contributed by atoms with Gasteiger partial charge in [0.15, 0.2) is 0 Å². The highest BCUT2D eigenvalue weighted by Crippen LogP contribution is 2.17. The second-order valence-electron chi connectivity index (χ2n) is 7.26. The molecule has 1 unspecified atom stereocenters. The van der Waals surface area contributed by atoms with Gasteiger partial charge < -0.3 is 11.1 Å². The van der Waals surface area contributed by atoms with Gasteiger partial charge in [-0.3, -0.25) is 4.79 Å². The Morgan fingerprint density at radius 3 is 2.12 bits per heavy atom. The standard InChI is InChI=1S/C21H36N2O/c1-17(2)16-19-10-12-20(13-11-19)18(3)21(24)23-15-9-7-5-4-6-8-14-22/h10-13,17-18H,4-9,14-16,22H2,1-3H3,(H,23,24). The van der Waals surface area contributed by atoms with E-state index in [1.54, 1.807) is 0 Å². The summed E-state index contributed by atoms with van der Waals surface area (Å²) in [5.41, 5.74) is 7.92. The topological polar surface area (TPSA) is 55.1 Å². The van der Waals surface area contributed by atoms with Crippen LogP contribution in [-0.4, -0.2) is 19.0 Å². The highest BCUT2D eigenvalue weighted by molar-refractivity contribution is 5.83. The zero-order chi connectivity index (χ0) is 17.8. The number of carbonyl (C=O) groups excluding carboxylic acids is 1. The van der Waals surface area contributed by atoms with E-state index in [1.807, 2.05) is 6.92 Å². The fourth-order valence-corrected chi connectivity index (χ4v) is 2.91. The molecule has 0 aliphatic rings. The van der Waals surface area contributed by atoms with Gasteiger partial charge in [-0.05, 0) is 49.8 Å². The van der Waals surface area contributed by atoms with Crippen molar-refractivity contribution < 1.29 is 4.79 Å². The number of nitrogens with one attached hydrogen (secondary N) is 1. The molecule has 0 spiro atoms. The predicted octanol–water partition coefficient (Wildman–Crippen LogP) is 4.40. The van der Waals surface area contributed by atoms with Gasteiger partial charge in [0, 0.05) is 6.54 Å². The van der Waals surface area contributed by atoms with Gasteiger partial charge in [-0.25, -0.2) is 0 Å². The molecule has 24 heavy (non-hydrogen) atoms. The van der Waals surface area contributed by atoms with Gasteiger partial charge in [0.25, 0.3) is 0 Å². The van der Waals surface area contributed by atoms with Gasteiger partial charge in [-0.2, -0.15) is 0 Å². The largest absolute Gasteiger partial charge is 0.356 e. The number of hydrogen-bond donors (Lipinski definition) is 2. The molecule has 0 fully saturated rings. The van der Waals surface area contributed by atoms with Crippen molar-refractivity contribution in [1.82, 2.24) is 5.32 Å². The van der Waals surface area contributed by atoms with Crippen LogP contribution in [0.2, 0.25) is 0 Å². The molecular formula is C21H36N2O. The summed E-state index contributed by atoms with van der Waals surface area (Å²) in [6.07, 6.45) is 8.19. The third-order valence-electron chi connectivity index (χ3n) is 4.45. The lowest BCUT2D eigenvalue weighted by molar-refractivity contribution is -0.122. The summed E-state index contributed by atoms with van der Waals surface area (Å²) < 4.78 is 0. The highest BCUT2D eigenvalue weighted by Gasteiger charge is 2.14. The summed E-state index contributed by atoms with van der Waals surface area (Å²) in [7, 11) is 0. The molecule has 3 heteroatoms. The molecule has 0 aliphatic heterocycles. The van der Waals surface area contributed by atoms with Crippen LogP contribution in [0.1, 0.15) is 76.3 Å². The zero-order valence-corrected chi connectivity index (χ0v) is 15.8. The van der Waals surface area contributed by atoms with Crippen molar-refractivity contribution in [3.05, 3.63) is 35.4 Å². The van der Waals surface area contributed by atoms with Crippen LogP contribution in [0.4, 0.5) is 0 Å². The molecule has 1 atom stereocenters. The Kier molecular flexibility index (Phi) is 10.4. The molecule has 1 amide bonds. The average Bonchev–Trinajstić information content (AvgIpc) is 2.56. The van der Waals surface area contributed by atoms with Gasteiger partial charge in [-0.1, -0.05) is 63.8 Å². The molecule has 1 aromatic carbocycles. The van der Waals surface area contributed by atoms with E-state index in [2.05, 4.69) is 43.4 Å². The van der Waals surface area contributed by atoms with Crippen molar-refractivity contribution >= 4 is 5.91 Å². The molecule has 3 nitrogen and oxygen atoms in total. The van der Waals surface area contributed by atoms with Crippen LogP contribution >= 0.6 is 0 Å². The minimum atomic E-state index is -0.0809. The maximum atomic E-state index is 12.3. The molecule has 0 radical (unpaired) electrons. The lowest BCUT2D eigenvalue weighted by Crippen LogP contribution is -2.28.